The van der Waals surface area contributed by atoms with Crippen molar-refractivity contribution in [2.75, 3.05) is 11.9 Å². The summed E-state index contributed by atoms with van der Waals surface area (Å²) in [6, 6.07) is 0. The number of aliphatic hydroxyl groups is 1. The van der Waals surface area contributed by atoms with Gasteiger partial charge in [0, 0.05) is 29.3 Å². The first-order valence-electron chi connectivity index (χ1n) is 9.89. The lowest BCUT2D eigenvalue weighted by atomic mass is 10.0. The second-order valence-corrected chi connectivity index (χ2v) is 7.88. The number of anilines is 1. The molecule has 3 aromatic heterocycles. The zero-order valence-electron chi connectivity index (χ0n) is 16.5. The highest BCUT2D eigenvalue weighted by molar-refractivity contribution is 6.35. The maximum atomic E-state index is 15.1. The minimum Gasteiger partial charge on any atom is -0.396 e. The van der Waals surface area contributed by atoms with E-state index in [1.807, 2.05) is 0 Å². The molecule has 1 fully saturated rings. The predicted octanol–water partition coefficient (Wildman–Crippen LogP) is 3.76. The van der Waals surface area contributed by atoms with Crippen molar-refractivity contribution in [2.24, 2.45) is 5.92 Å². The Labute approximate surface area is 184 Å². The van der Waals surface area contributed by atoms with Crippen LogP contribution in [0.4, 0.5) is 14.6 Å². The third-order valence-electron chi connectivity index (χ3n) is 5.31. The van der Waals surface area contributed by atoms with Gasteiger partial charge in [0.2, 0.25) is 5.91 Å². The first kappa shape index (κ1) is 20.5. The number of aromatic amines is 1. The van der Waals surface area contributed by atoms with E-state index in [1.165, 1.54) is 12.4 Å². The Bertz CT molecular complexity index is 1380. The predicted molar refractivity (Wildman–Crippen MR) is 115 cm³/mol. The SMILES string of the molecule is O=C(Nc1cn2cc(-c3c(Cl)c(F)c(/C=C/CCO)c4[nH]ncc34)ncc2n1)[C@@H]1C[C@@H]1F. The van der Waals surface area contributed by atoms with Crippen molar-refractivity contribution in [1.29, 1.82) is 0 Å². The first-order valence-corrected chi connectivity index (χ1v) is 10.3. The summed E-state index contributed by atoms with van der Waals surface area (Å²) < 4.78 is 29.9. The van der Waals surface area contributed by atoms with Gasteiger partial charge in [0.25, 0.3) is 0 Å². The number of imidazole rings is 1. The highest BCUT2D eigenvalue weighted by atomic mass is 35.5. The van der Waals surface area contributed by atoms with Gasteiger partial charge in [-0.1, -0.05) is 23.8 Å². The van der Waals surface area contributed by atoms with Crippen molar-refractivity contribution >= 4 is 46.0 Å². The van der Waals surface area contributed by atoms with Crippen molar-refractivity contribution in [2.45, 2.75) is 19.0 Å². The lowest BCUT2D eigenvalue weighted by Crippen LogP contribution is -2.15. The third kappa shape index (κ3) is 3.51. The van der Waals surface area contributed by atoms with Crippen molar-refractivity contribution in [3.05, 3.63) is 47.3 Å². The molecule has 11 heteroatoms. The number of amides is 1. The molecular formula is C21H17ClF2N6O2. The molecule has 1 saturated carbocycles. The highest BCUT2D eigenvalue weighted by Gasteiger charge is 2.43. The lowest BCUT2D eigenvalue weighted by molar-refractivity contribution is -0.117. The van der Waals surface area contributed by atoms with Gasteiger partial charge in [-0.15, -0.1) is 0 Å². The highest BCUT2D eigenvalue weighted by Crippen LogP contribution is 2.39. The zero-order chi connectivity index (χ0) is 22.4. The molecule has 32 heavy (non-hydrogen) atoms. The van der Waals surface area contributed by atoms with Crippen LogP contribution in [0.15, 0.2) is 30.9 Å². The van der Waals surface area contributed by atoms with E-state index in [0.29, 0.717) is 34.2 Å². The van der Waals surface area contributed by atoms with Crippen LogP contribution in [0.25, 0.3) is 33.9 Å². The zero-order valence-corrected chi connectivity index (χ0v) is 17.3. The molecule has 0 aliphatic heterocycles. The molecule has 0 spiro atoms. The number of hydrogen-bond acceptors (Lipinski definition) is 5. The molecule has 3 heterocycles. The number of hydrogen-bond donors (Lipinski definition) is 3. The number of benzene rings is 1. The first-order chi connectivity index (χ1) is 15.5. The number of rotatable bonds is 6. The van der Waals surface area contributed by atoms with E-state index in [9.17, 15) is 9.18 Å². The number of fused-ring (bicyclic) bond motifs is 2. The molecule has 1 aromatic carbocycles. The van der Waals surface area contributed by atoms with Gasteiger partial charge in [0.1, 0.15) is 6.17 Å². The molecule has 164 valence electrons. The van der Waals surface area contributed by atoms with Gasteiger partial charge in [0.15, 0.2) is 17.3 Å². The number of halogens is 3. The fraction of sp³-hybridized carbons (Fsp3) is 0.238. The van der Waals surface area contributed by atoms with E-state index in [4.69, 9.17) is 16.7 Å². The van der Waals surface area contributed by atoms with Crippen LogP contribution < -0.4 is 5.32 Å². The molecule has 1 aliphatic carbocycles. The Morgan fingerprint density at radius 2 is 2.22 bits per heavy atom. The maximum Gasteiger partial charge on any atom is 0.231 e. The summed E-state index contributed by atoms with van der Waals surface area (Å²) in [4.78, 5) is 20.6. The summed E-state index contributed by atoms with van der Waals surface area (Å²) in [6.07, 6.45) is 8.87. The van der Waals surface area contributed by atoms with Crippen molar-refractivity contribution < 1.29 is 18.7 Å². The number of alkyl halides is 1. The number of carbonyl (C=O) groups excluding carboxylic acids is 1. The lowest BCUT2D eigenvalue weighted by Gasteiger charge is -2.10. The maximum absolute atomic E-state index is 15.1. The molecule has 8 nitrogen and oxygen atoms in total. The summed E-state index contributed by atoms with van der Waals surface area (Å²) in [5.41, 5.74) is 1.85. The van der Waals surface area contributed by atoms with Crippen molar-refractivity contribution in [3.63, 3.8) is 0 Å². The molecular weight excluding hydrogens is 442 g/mol. The van der Waals surface area contributed by atoms with Gasteiger partial charge in [0.05, 0.1) is 40.7 Å². The van der Waals surface area contributed by atoms with Gasteiger partial charge in [-0.25, -0.2) is 13.8 Å². The molecule has 4 aromatic rings. The van der Waals surface area contributed by atoms with Crippen LogP contribution in [0.2, 0.25) is 5.02 Å². The van der Waals surface area contributed by atoms with Gasteiger partial charge in [-0.05, 0) is 12.8 Å². The Kier molecular flexibility index (Phi) is 5.10. The summed E-state index contributed by atoms with van der Waals surface area (Å²) in [5, 5.41) is 18.8. The van der Waals surface area contributed by atoms with Gasteiger partial charge >= 0.3 is 0 Å². The minimum atomic E-state index is -1.10. The molecule has 2 atom stereocenters. The second kappa shape index (κ2) is 7.95. The summed E-state index contributed by atoms with van der Waals surface area (Å²) in [6.45, 7) is -0.0532. The monoisotopic (exact) mass is 458 g/mol. The molecule has 1 aliphatic rings. The largest absolute Gasteiger partial charge is 0.396 e. The molecule has 5 rings (SSSR count). The summed E-state index contributed by atoms with van der Waals surface area (Å²) in [5.74, 6) is -1.42. The molecule has 0 radical (unpaired) electrons. The number of H-pyrrole nitrogens is 1. The average Bonchev–Trinajstić information content (AvgIpc) is 3.14. The fourth-order valence-corrected chi connectivity index (χ4v) is 3.86. The quantitative estimate of drug-likeness (QED) is 0.408. The van der Waals surface area contributed by atoms with Crippen LogP contribution >= 0.6 is 11.6 Å². The van der Waals surface area contributed by atoms with E-state index in [2.05, 4.69) is 25.5 Å². The summed E-state index contributed by atoms with van der Waals surface area (Å²) >= 11 is 6.40. The Hall–Kier alpha value is -3.37. The smallest absolute Gasteiger partial charge is 0.231 e. The minimum absolute atomic E-state index is 0.0532. The van der Waals surface area contributed by atoms with Crippen LogP contribution in [-0.2, 0) is 4.79 Å². The topological polar surface area (TPSA) is 108 Å². The second-order valence-electron chi connectivity index (χ2n) is 7.50. The number of aromatic nitrogens is 5. The van der Waals surface area contributed by atoms with Crippen LogP contribution in [0.3, 0.4) is 0 Å². The number of aliphatic hydroxyl groups excluding tert-OH is 1. The number of nitrogens with one attached hydrogen (secondary N) is 2. The number of carbonyl (C=O) groups is 1. The molecule has 0 unspecified atom stereocenters. The Morgan fingerprint density at radius 1 is 1.41 bits per heavy atom. The standard InChI is InChI=1S/C21H17ClF2N6O2/c22-18-17(12-6-26-29-20(12)10(19(18)24)3-1-2-4-31)14-8-30-9-15(27-16(30)7-25-14)28-21(32)11-5-13(11)23/h1,3,6-9,11,13,31H,2,4-5H2,(H,26,29)(H,28,32)/b3-1+/t11-,13+/m1/s1. The number of nitrogens with zero attached hydrogens (tertiary/aromatic N) is 4. The van der Waals surface area contributed by atoms with E-state index in [1.54, 1.807) is 28.9 Å². The van der Waals surface area contributed by atoms with Crippen molar-refractivity contribution in [3.8, 4) is 11.3 Å². The van der Waals surface area contributed by atoms with Crippen LogP contribution in [-0.4, -0.2) is 48.4 Å². The van der Waals surface area contributed by atoms with E-state index < -0.39 is 23.8 Å². The van der Waals surface area contributed by atoms with Gasteiger partial charge < -0.3 is 14.8 Å². The molecule has 3 N–H and O–H groups in total. The average molecular weight is 459 g/mol. The van der Waals surface area contributed by atoms with E-state index >= 15 is 4.39 Å². The van der Waals surface area contributed by atoms with Crippen molar-refractivity contribution in [1.82, 2.24) is 24.6 Å². The van der Waals surface area contributed by atoms with E-state index in [0.717, 1.165) is 0 Å². The Morgan fingerprint density at radius 3 is 2.97 bits per heavy atom. The molecule has 0 saturated heterocycles. The van der Waals surface area contributed by atoms with Crippen LogP contribution in [0, 0.1) is 11.7 Å². The normalized spacial score (nSPS) is 18.1. The van der Waals surface area contributed by atoms with Crippen LogP contribution in [0.5, 0.6) is 0 Å². The molecule has 0 bridgehead atoms. The molecule has 1 amide bonds. The van der Waals surface area contributed by atoms with Gasteiger partial charge in [-0.3, -0.25) is 14.9 Å². The third-order valence-corrected chi connectivity index (χ3v) is 5.66. The fourth-order valence-electron chi connectivity index (χ4n) is 3.56. The summed E-state index contributed by atoms with van der Waals surface area (Å²) in [7, 11) is 0. The van der Waals surface area contributed by atoms with Crippen LogP contribution in [0.1, 0.15) is 18.4 Å². The van der Waals surface area contributed by atoms with Gasteiger partial charge in [-0.2, -0.15) is 5.10 Å². The van der Waals surface area contributed by atoms with E-state index in [-0.39, 0.29) is 29.4 Å². The Balaban J connectivity index is 1.55.